The number of hydrogen-bond donors (Lipinski definition) is 3. The number of amides is 1. The molecule has 178 valence electrons. The quantitative estimate of drug-likeness (QED) is 0.286. The van der Waals surface area contributed by atoms with E-state index in [-0.39, 0.29) is 41.8 Å². The average molecular weight is 563 g/mol. The Balaban J connectivity index is 0.00000306. The van der Waals surface area contributed by atoms with Crippen molar-refractivity contribution in [1.82, 2.24) is 15.5 Å². The van der Waals surface area contributed by atoms with Crippen molar-refractivity contribution in [1.29, 1.82) is 0 Å². The number of carbonyl (C=O) groups is 1. The first-order valence-electron chi connectivity index (χ1n) is 11.4. The predicted molar refractivity (Wildman–Crippen MR) is 144 cm³/mol. The van der Waals surface area contributed by atoms with Gasteiger partial charge in [-0.05, 0) is 24.1 Å². The van der Waals surface area contributed by atoms with Crippen molar-refractivity contribution in [3.8, 4) is 0 Å². The Bertz CT molecular complexity index is 944. The highest BCUT2D eigenvalue weighted by molar-refractivity contribution is 14.0. The van der Waals surface area contributed by atoms with E-state index in [1.54, 1.807) is 7.05 Å². The van der Waals surface area contributed by atoms with E-state index in [9.17, 15) is 4.79 Å². The van der Waals surface area contributed by atoms with Crippen LogP contribution in [-0.2, 0) is 9.53 Å². The second-order valence-corrected chi connectivity index (χ2v) is 8.45. The zero-order valence-corrected chi connectivity index (χ0v) is 21.7. The van der Waals surface area contributed by atoms with Gasteiger partial charge in [-0.1, -0.05) is 48.0 Å². The molecular formula is C25H34IN5O2. The van der Waals surface area contributed by atoms with E-state index in [0.717, 1.165) is 44.5 Å². The molecule has 7 nitrogen and oxygen atoms in total. The van der Waals surface area contributed by atoms with E-state index >= 15 is 0 Å². The van der Waals surface area contributed by atoms with Gasteiger partial charge >= 0.3 is 0 Å². The number of carbonyl (C=O) groups excluding carboxylic acids is 1. The summed E-state index contributed by atoms with van der Waals surface area (Å²) in [5.41, 5.74) is 4.63. The van der Waals surface area contributed by atoms with Gasteiger partial charge in [0.25, 0.3) is 0 Å². The molecule has 1 amide bonds. The highest BCUT2D eigenvalue weighted by atomic mass is 127. The van der Waals surface area contributed by atoms with E-state index < -0.39 is 0 Å². The Morgan fingerprint density at radius 3 is 2.61 bits per heavy atom. The van der Waals surface area contributed by atoms with Crippen LogP contribution in [0.5, 0.6) is 0 Å². The third-order valence-corrected chi connectivity index (χ3v) is 6.26. The van der Waals surface area contributed by atoms with Gasteiger partial charge in [-0.3, -0.25) is 14.7 Å². The van der Waals surface area contributed by atoms with Crippen LogP contribution in [0.1, 0.15) is 35.1 Å². The van der Waals surface area contributed by atoms with E-state index in [1.807, 2.05) is 18.2 Å². The van der Waals surface area contributed by atoms with E-state index in [2.05, 4.69) is 63.1 Å². The predicted octanol–water partition coefficient (Wildman–Crippen LogP) is 3.28. The minimum absolute atomic E-state index is 0. The lowest BCUT2D eigenvalue weighted by molar-refractivity contribution is -0.116. The monoisotopic (exact) mass is 563 g/mol. The number of benzene rings is 2. The molecule has 3 N–H and O–H groups in total. The van der Waals surface area contributed by atoms with Gasteiger partial charge in [0.05, 0.1) is 19.3 Å². The number of morpholine rings is 1. The number of aryl methyl sites for hydroxylation is 1. The van der Waals surface area contributed by atoms with Gasteiger partial charge in [0.15, 0.2) is 5.96 Å². The fraction of sp³-hybridized carbons (Fsp3) is 0.440. The summed E-state index contributed by atoms with van der Waals surface area (Å²) < 4.78 is 5.56. The molecule has 0 bridgehead atoms. The molecular weight excluding hydrogens is 529 g/mol. The van der Waals surface area contributed by atoms with Gasteiger partial charge in [-0.25, -0.2) is 0 Å². The van der Waals surface area contributed by atoms with Gasteiger partial charge in [0.2, 0.25) is 5.91 Å². The number of aliphatic imine (C=N–C) groups is 1. The zero-order chi connectivity index (χ0) is 22.3. The van der Waals surface area contributed by atoms with Gasteiger partial charge in [-0.15, -0.1) is 24.0 Å². The highest BCUT2D eigenvalue weighted by Gasteiger charge is 2.26. The molecule has 4 rings (SSSR count). The Morgan fingerprint density at radius 1 is 1.15 bits per heavy atom. The maximum Gasteiger partial charge on any atom is 0.225 e. The van der Waals surface area contributed by atoms with Crippen molar-refractivity contribution < 1.29 is 9.53 Å². The van der Waals surface area contributed by atoms with Gasteiger partial charge in [0.1, 0.15) is 0 Å². The fourth-order valence-corrected chi connectivity index (χ4v) is 4.45. The maximum atomic E-state index is 12.1. The van der Waals surface area contributed by atoms with Crippen LogP contribution in [0.15, 0.2) is 53.5 Å². The normalized spacial score (nSPS) is 19.6. The summed E-state index contributed by atoms with van der Waals surface area (Å²) in [6, 6.07) is 17.0. The molecule has 2 aromatic carbocycles. The molecule has 33 heavy (non-hydrogen) atoms. The Morgan fingerprint density at radius 2 is 1.88 bits per heavy atom. The second-order valence-electron chi connectivity index (χ2n) is 8.45. The lowest BCUT2D eigenvalue weighted by atomic mass is 9.90. The average Bonchev–Trinajstić information content (AvgIpc) is 2.82. The molecule has 0 spiro atoms. The first-order chi connectivity index (χ1) is 15.6. The Labute approximate surface area is 213 Å². The zero-order valence-electron chi connectivity index (χ0n) is 19.3. The van der Waals surface area contributed by atoms with E-state index in [0.29, 0.717) is 13.0 Å². The number of ether oxygens (including phenoxy) is 1. The molecule has 2 unspecified atom stereocenters. The minimum atomic E-state index is 0. The summed E-state index contributed by atoms with van der Waals surface area (Å²) in [4.78, 5) is 19.0. The maximum absolute atomic E-state index is 12.1. The van der Waals surface area contributed by atoms with Gasteiger partial charge < -0.3 is 20.7 Å². The topological polar surface area (TPSA) is 78.0 Å². The molecule has 1 fully saturated rings. The lowest BCUT2D eigenvalue weighted by Crippen LogP contribution is -2.47. The third kappa shape index (κ3) is 6.68. The lowest BCUT2D eigenvalue weighted by Gasteiger charge is -2.35. The molecule has 2 aliphatic heterocycles. The van der Waals surface area contributed by atoms with E-state index in [1.165, 1.54) is 16.7 Å². The van der Waals surface area contributed by atoms with Crippen molar-refractivity contribution in [2.75, 3.05) is 51.8 Å². The molecule has 0 saturated carbocycles. The van der Waals surface area contributed by atoms with Crippen LogP contribution in [0.2, 0.25) is 0 Å². The number of anilines is 1. The number of rotatable bonds is 6. The number of fused-ring (bicyclic) bond motifs is 1. The molecule has 8 heteroatoms. The van der Waals surface area contributed by atoms with Crippen LogP contribution >= 0.6 is 24.0 Å². The molecule has 2 aromatic rings. The largest absolute Gasteiger partial charge is 0.379 e. The van der Waals surface area contributed by atoms with Crippen LogP contribution in [-0.4, -0.2) is 63.2 Å². The van der Waals surface area contributed by atoms with Gasteiger partial charge in [-0.2, -0.15) is 0 Å². The van der Waals surface area contributed by atoms with Crippen LogP contribution in [0.25, 0.3) is 0 Å². The molecule has 2 heterocycles. The summed E-state index contributed by atoms with van der Waals surface area (Å²) in [6.45, 7) is 6.86. The number of guanidine groups is 1. The number of nitrogens with zero attached hydrogens (tertiary/aromatic N) is 2. The molecule has 0 aliphatic carbocycles. The number of halogens is 1. The van der Waals surface area contributed by atoms with Crippen LogP contribution < -0.4 is 16.0 Å². The van der Waals surface area contributed by atoms with Crippen molar-refractivity contribution >= 4 is 41.5 Å². The standard InChI is InChI=1S/C25H33N5O2.HI/c1-18-7-9-19(10-8-18)23(30-11-13-32-14-12-30)17-28-25(26-2)27-16-20-15-24(31)29-22-6-4-3-5-21(20)22;/h3-10,20,23H,11-17H2,1-2H3,(H,29,31)(H2,26,27,28);1H. The van der Waals surface area contributed by atoms with Crippen molar-refractivity contribution in [2.24, 2.45) is 4.99 Å². The van der Waals surface area contributed by atoms with Crippen LogP contribution in [0, 0.1) is 6.92 Å². The Hall–Kier alpha value is -2.17. The second kappa shape index (κ2) is 12.3. The first kappa shape index (κ1) is 25.5. The SMILES string of the molecule is CN=C(NCC1CC(=O)Nc2ccccc21)NCC(c1ccc(C)cc1)N1CCOCC1.I. The smallest absolute Gasteiger partial charge is 0.225 e. The van der Waals surface area contributed by atoms with Crippen LogP contribution in [0.3, 0.4) is 0 Å². The number of hydrogen-bond acceptors (Lipinski definition) is 4. The highest BCUT2D eigenvalue weighted by Crippen LogP contribution is 2.31. The summed E-state index contributed by atoms with van der Waals surface area (Å²) in [6.07, 6.45) is 0.473. The molecule has 0 radical (unpaired) electrons. The summed E-state index contributed by atoms with van der Waals surface area (Å²) in [5, 5.41) is 9.91. The summed E-state index contributed by atoms with van der Waals surface area (Å²) >= 11 is 0. The first-order valence-corrected chi connectivity index (χ1v) is 11.4. The number of para-hydroxylation sites is 1. The molecule has 2 atom stereocenters. The van der Waals surface area contributed by atoms with Gasteiger partial charge in [0, 0.05) is 51.3 Å². The minimum Gasteiger partial charge on any atom is -0.379 e. The van der Waals surface area contributed by atoms with Crippen molar-refractivity contribution in [3.05, 3.63) is 65.2 Å². The van der Waals surface area contributed by atoms with E-state index in [4.69, 9.17) is 4.74 Å². The fourth-order valence-electron chi connectivity index (χ4n) is 4.45. The summed E-state index contributed by atoms with van der Waals surface area (Å²) in [7, 11) is 1.78. The van der Waals surface area contributed by atoms with Crippen molar-refractivity contribution in [3.63, 3.8) is 0 Å². The third-order valence-electron chi connectivity index (χ3n) is 6.26. The van der Waals surface area contributed by atoms with Crippen LogP contribution in [0.4, 0.5) is 5.69 Å². The molecule has 2 aliphatic rings. The molecule has 0 aromatic heterocycles. The molecule has 1 saturated heterocycles. The number of nitrogens with one attached hydrogen (secondary N) is 3. The van der Waals surface area contributed by atoms with Crippen molar-refractivity contribution in [2.45, 2.75) is 25.3 Å². The Kier molecular flexibility index (Phi) is 9.52. The summed E-state index contributed by atoms with van der Waals surface area (Å²) in [5.74, 6) is 0.926.